The molecule has 0 aliphatic rings. The number of carbonyl (C=O) groups excluding carboxylic acids is 2. The third-order valence-electron chi connectivity index (χ3n) is 2.11. The lowest BCUT2D eigenvalue weighted by Crippen LogP contribution is -2.13. The Hall–Kier alpha value is -1.32. The number of hydrogen-bond donors (Lipinski definition) is 0. The monoisotopic (exact) mass is 256 g/mol. The Morgan fingerprint density at radius 3 is 1.94 bits per heavy atom. The van der Waals surface area contributed by atoms with E-state index in [1.165, 1.54) is 0 Å². The van der Waals surface area contributed by atoms with Crippen LogP contribution in [0.2, 0.25) is 0 Å². The zero-order valence-corrected chi connectivity index (χ0v) is 11.8. The zero-order valence-electron chi connectivity index (χ0n) is 11.8. The lowest BCUT2D eigenvalue weighted by atomic mass is 10.1. The number of rotatable bonds is 8. The number of hydrogen-bond acceptors (Lipinski definition) is 4. The second kappa shape index (κ2) is 8.72. The Bertz CT molecular complexity index is 292. The molecule has 0 spiro atoms. The van der Waals surface area contributed by atoms with Crippen LogP contribution in [0.5, 0.6) is 0 Å². The average Bonchev–Trinajstić information content (AvgIpc) is 2.21. The molecule has 18 heavy (non-hydrogen) atoms. The molecule has 0 heterocycles. The van der Waals surface area contributed by atoms with Crippen molar-refractivity contribution in [1.29, 1.82) is 0 Å². The Morgan fingerprint density at radius 2 is 1.44 bits per heavy atom. The summed E-state index contributed by atoms with van der Waals surface area (Å²) in [5.41, 5.74) is 0.459. The largest absolute Gasteiger partial charge is 0.463 e. The van der Waals surface area contributed by atoms with E-state index in [4.69, 9.17) is 9.47 Å². The van der Waals surface area contributed by atoms with Gasteiger partial charge in [0.25, 0.3) is 0 Å². The highest BCUT2D eigenvalue weighted by atomic mass is 16.5. The molecule has 0 aromatic heterocycles. The number of ether oxygens (including phenoxy) is 2. The van der Waals surface area contributed by atoms with Gasteiger partial charge in [-0.2, -0.15) is 0 Å². The van der Waals surface area contributed by atoms with Gasteiger partial charge in [-0.25, -0.2) is 4.79 Å². The van der Waals surface area contributed by atoms with Crippen molar-refractivity contribution < 1.29 is 19.1 Å². The Labute approximate surface area is 109 Å². The number of unbranched alkanes of at least 4 members (excludes halogenated alkanes) is 1. The van der Waals surface area contributed by atoms with Crippen LogP contribution >= 0.6 is 0 Å². The lowest BCUT2D eigenvalue weighted by Gasteiger charge is -2.10. The molecule has 0 saturated heterocycles. The van der Waals surface area contributed by atoms with E-state index in [-0.39, 0.29) is 24.1 Å². The van der Waals surface area contributed by atoms with Crippen LogP contribution in [0.15, 0.2) is 12.2 Å². The standard InChI is InChI=1S/C14H24O4/c1-10(2)17-13(15)9-7-6-8-12(5)14(16)18-11(3)4/h10-11H,5-9H2,1-4H3. The van der Waals surface area contributed by atoms with Gasteiger partial charge < -0.3 is 9.47 Å². The molecule has 0 bridgehead atoms. The van der Waals surface area contributed by atoms with E-state index in [0.29, 0.717) is 24.8 Å². The van der Waals surface area contributed by atoms with E-state index in [2.05, 4.69) is 6.58 Å². The first-order valence-corrected chi connectivity index (χ1v) is 6.41. The van der Waals surface area contributed by atoms with Crippen LogP contribution in [0.3, 0.4) is 0 Å². The summed E-state index contributed by atoms with van der Waals surface area (Å²) in [6, 6.07) is 0. The van der Waals surface area contributed by atoms with E-state index >= 15 is 0 Å². The van der Waals surface area contributed by atoms with Gasteiger partial charge in [0.2, 0.25) is 0 Å². The minimum absolute atomic E-state index is 0.0755. The molecule has 0 atom stereocenters. The van der Waals surface area contributed by atoms with Crippen LogP contribution < -0.4 is 0 Å². The van der Waals surface area contributed by atoms with Crippen molar-refractivity contribution in [2.75, 3.05) is 0 Å². The molecule has 0 radical (unpaired) electrons. The normalized spacial score (nSPS) is 10.6. The summed E-state index contributed by atoms with van der Waals surface area (Å²) in [6.07, 6.45) is 2.16. The highest BCUT2D eigenvalue weighted by molar-refractivity contribution is 5.87. The van der Waals surface area contributed by atoms with Gasteiger partial charge in [0, 0.05) is 12.0 Å². The van der Waals surface area contributed by atoms with Crippen molar-refractivity contribution in [1.82, 2.24) is 0 Å². The minimum Gasteiger partial charge on any atom is -0.463 e. The van der Waals surface area contributed by atoms with E-state index in [0.717, 1.165) is 6.42 Å². The Morgan fingerprint density at radius 1 is 0.944 bits per heavy atom. The predicted octanol–water partition coefficient (Wildman–Crippen LogP) is 3.01. The van der Waals surface area contributed by atoms with Crippen molar-refractivity contribution >= 4 is 11.9 Å². The summed E-state index contributed by atoms with van der Waals surface area (Å²) in [5, 5.41) is 0. The second-order valence-electron chi connectivity index (χ2n) is 4.80. The molecule has 0 saturated carbocycles. The highest BCUT2D eigenvalue weighted by Gasteiger charge is 2.11. The number of esters is 2. The summed E-state index contributed by atoms with van der Waals surface area (Å²) in [4.78, 5) is 22.7. The van der Waals surface area contributed by atoms with Crippen LogP contribution in [-0.2, 0) is 19.1 Å². The molecule has 0 aliphatic carbocycles. The molecule has 4 nitrogen and oxygen atoms in total. The smallest absolute Gasteiger partial charge is 0.333 e. The van der Waals surface area contributed by atoms with Crippen LogP contribution in [0.4, 0.5) is 0 Å². The van der Waals surface area contributed by atoms with Crippen molar-refractivity contribution in [3.63, 3.8) is 0 Å². The minimum atomic E-state index is -0.352. The van der Waals surface area contributed by atoms with Gasteiger partial charge >= 0.3 is 11.9 Å². The van der Waals surface area contributed by atoms with Crippen LogP contribution in [-0.4, -0.2) is 24.1 Å². The third kappa shape index (κ3) is 8.79. The topological polar surface area (TPSA) is 52.6 Å². The summed E-state index contributed by atoms with van der Waals surface area (Å²) < 4.78 is 10.0. The fourth-order valence-electron chi connectivity index (χ4n) is 1.33. The molecule has 0 aliphatic heterocycles. The molecule has 104 valence electrons. The first kappa shape index (κ1) is 16.7. The van der Waals surface area contributed by atoms with Gasteiger partial charge in [0.05, 0.1) is 12.2 Å². The fourth-order valence-corrected chi connectivity index (χ4v) is 1.33. The van der Waals surface area contributed by atoms with Crippen molar-refractivity contribution in [3.05, 3.63) is 12.2 Å². The molecule has 0 amide bonds. The van der Waals surface area contributed by atoms with Gasteiger partial charge in [-0.1, -0.05) is 6.58 Å². The molecule has 0 N–H and O–H groups in total. The van der Waals surface area contributed by atoms with Crippen LogP contribution in [0.1, 0.15) is 53.4 Å². The number of carbonyl (C=O) groups is 2. The third-order valence-corrected chi connectivity index (χ3v) is 2.11. The SMILES string of the molecule is C=C(CCCCC(=O)OC(C)C)C(=O)OC(C)C. The maximum atomic E-state index is 11.4. The second-order valence-corrected chi connectivity index (χ2v) is 4.80. The fraction of sp³-hybridized carbons (Fsp3) is 0.714. The van der Waals surface area contributed by atoms with E-state index in [1.807, 2.05) is 13.8 Å². The Balaban J connectivity index is 3.69. The highest BCUT2D eigenvalue weighted by Crippen LogP contribution is 2.10. The molecule has 0 fully saturated rings. The maximum Gasteiger partial charge on any atom is 0.333 e. The van der Waals surface area contributed by atoms with E-state index < -0.39 is 0 Å². The predicted molar refractivity (Wildman–Crippen MR) is 70.1 cm³/mol. The van der Waals surface area contributed by atoms with E-state index in [1.54, 1.807) is 13.8 Å². The summed E-state index contributed by atoms with van der Waals surface area (Å²) in [7, 11) is 0. The average molecular weight is 256 g/mol. The molecular weight excluding hydrogens is 232 g/mol. The molecular formula is C14H24O4. The molecule has 0 unspecified atom stereocenters. The molecule has 4 heteroatoms. The van der Waals surface area contributed by atoms with Crippen LogP contribution in [0, 0.1) is 0 Å². The zero-order chi connectivity index (χ0) is 14.1. The van der Waals surface area contributed by atoms with Gasteiger partial charge in [0.15, 0.2) is 0 Å². The summed E-state index contributed by atoms with van der Waals surface area (Å²) in [5.74, 6) is -0.546. The van der Waals surface area contributed by atoms with E-state index in [9.17, 15) is 9.59 Å². The molecule has 0 aromatic carbocycles. The summed E-state index contributed by atoms with van der Waals surface area (Å²) >= 11 is 0. The van der Waals surface area contributed by atoms with Gasteiger partial charge in [-0.05, 0) is 47.0 Å². The van der Waals surface area contributed by atoms with Crippen molar-refractivity contribution in [2.24, 2.45) is 0 Å². The van der Waals surface area contributed by atoms with Crippen molar-refractivity contribution in [2.45, 2.75) is 65.6 Å². The maximum absolute atomic E-state index is 11.4. The molecule has 0 rings (SSSR count). The first-order valence-electron chi connectivity index (χ1n) is 6.41. The van der Waals surface area contributed by atoms with Gasteiger partial charge in [-0.3, -0.25) is 4.79 Å². The quantitative estimate of drug-likeness (QED) is 0.380. The van der Waals surface area contributed by atoms with Crippen LogP contribution in [0.25, 0.3) is 0 Å². The van der Waals surface area contributed by atoms with Gasteiger partial charge in [-0.15, -0.1) is 0 Å². The first-order chi connectivity index (χ1) is 8.32. The molecule has 0 aromatic rings. The van der Waals surface area contributed by atoms with Gasteiger partial charge in [0.1, 0.15) is 0 Å². The van der Waals surface area contributed by atoms with Crippen molar-refractivity contribution in [3.8, 4) is 0 Å². The lowest BCUT2D eigenvalue weighted by molar-refractivity contribution is -0.147. The summed E-state index contributed by atoms with van der Waals surface area (Å²) in [6.45, 7) is 10.9. The Kier molecular flexibility index (Phi) is 8.08.